The third-order valence-corrected chi connectivity index (χ3v) is 3.22. The maximum absolute atomic E-state index is 5.78. The van der Waals surface area contributed by atoms with E-state index in [4.69, 9.17) is 11.6 Å². The molecular weight excluding hydrogens is 224 g/mol. The summed E-state index contributed by atoms with van der Waals surface area (Å²) in [6.45, 7) is 0. The Morgan fingerprint density at radius 3 is 3.00 bits per heavy atom. The van der Waals surface area contributed by atoms with Crippen molar-refractivity contribution in [2.75, 3.05) is 0 Å². The van der Waals surface area contributed by atoms with Gasteiger partial charge >= 0.3 is 0 Å². The second kappa shape index (κ2) is 3.87. The normalized spacial score (nSPS) is 14.1. The molecule has 1 aliphatic carbocycles. The van der Waals surface area contributed by atoms with E-state index < -0.39 is 0 Å². The predicted molar refractivity (Wildman–Crippen MR) is 60.7 cm³/mol. The van der Waals surface area contributed by atoms with E-state index in [9.17, 15) is 0 Å². The standard InChI is InChI=1S/C11H11ClN4/c12-7-11-13-14-15-16(11)10-5-4-8-2-1-3-9(8)6-10/h4-6H,1-3,7H2. The Kier molecular flexibility index (Phi) is 2.36. The first-order chi connectivity index (χ1) is 7.88. The fraction of sp³-hybridized carbons (Fsp3) is 0.364. The van der Waals surface area contributed by atoms with E-state index in [1.54, 1.807) is 4.68 Å². The Labute approximate surface area is 98.2 Å². The van der Waals surface area contributed by atoms with Crippen molar-refractivity contribution in [3.8, 4) is 5.69 Å². The number of rotatable bonds is 2. The molecule has 4 nitrogen and oxygen atoms in total. The molecule has 0 N–H and O–H groups in total. The summed E-state index contributed by atoms with van der Waals surface area (Å²) >= 11 is 5.78. The molecular formula is C11H11ClN4. The number of fused-ring (bicyclic) bond motifs is 1. The summed E-state index contributed by atoms with van der Waals surface area (Å²) in [6.07, 6.45) is 3.59. The van der Waals surface area contributed by atoms with Gasteiger partial charge in [0.2, 0.25) is 0 Å². The molecule has 1 aromatic heterocycles. The minimum Gasteiger partial charge on any atom is -0.196 e. The molecule has 0 radical (unpaired) electrons. The quantitative estimate of drug-likeness (QED) is 0.746. The Morgan fingerprint density at radius 1 is 1.25 bits per heavy atom. The number of hydrogen-bond acceptors (Lipinski definition) is 3. The molecule has 1 aromatic carbocycles. The van der Waals surface area contributed by atoms with Gasteiger partial charge in [0, 0.05) is 0 Å². The number of aromatic nitrogens is 4. The topological polar surface area (TPSA) is 43.6 Å². The summed E-state index contributed by atoms with van der Waals surface area (Å²) in [5.41, 5.74) is 3.86. The molecule has 0 unspecified atom stereocenters. The van der Waals surface area contributed by atoms with Gasteiger partial charge < -0.3 is 0 Å². The maximum atomic E-state index is 5.78. The number of halogens is 1. The van der Waals surface area contributed by atoms with Gasteiger partial charge in [-0.25, -0.2) is 0 Å². The molecule has 0 spiro atoms. The van der Waals surface area contributed by atoms with Crippen LogP contribution in [0.1, 0.15) is 23.4 Å². The number of nitrogens with zero attached hydrogens (tertiary/aromatic N) is 4. The molecule has 2 aromatic rings. The zero-order chi connectivity index (χ0) is 11.0. The Bertz CT molecular complexity index is 520. The predicted octanol–water partition coefficient (Wildman–Crippen LogP) is 1.89. The van der Waals surface area contributed by atoms with Gasteiger partial charge in [-0.2, -0.15) is 4.68 Å². The summed E-state index contributed by atoms with van der Waals surface area (Å²) < 4.78 is 1.70. The zero-order valence-corrected chi connectivity index (χ0v) is 9.48. The van der Waals surface area contributed by atoms with Crippen LogP contribution in [0, 0.1) is 0 Å². The number of benzene rings is 1. The van der Waals surface area contributed by atoms with Crippen LogP contribution in [0.15, 0.2) is 18.2 Å². The van der Waals surface area contributed by atoms with Gasteiger partial charge in [0.05, 0.1) is 11.6 Å². The van der Waals surface area contributed by atoms with Crippen LogP contribution >= 0.6 is 11.6 Å². The van der Waals surface area contributed by atoms with Gasteiger partial charge in [-0.15, -0.1) is 16.7 Å². The minimum atomic E-state index is 0.323. The average molecular weight is 235 g/mol. The van der Waals surface area contributed by atoms with Gasteiger partial charge in [0.25, 0.3) is 0 Å². The Hall–Kier alpha value is -1.42. The van der Waals surface area contributed by atoms with E-state index in [1.807, 2.05) is 0 Å². The molecule has 1 heterocycles. The summed E-state index contributed by atoms with van der Waals surface area (Å²) in [5, 5.41) is 11.5. The lowest BCUT2D eigenvalue weighted by atomic mass is 10.1. The van der Waals surface area contributed by atoms with Crippen molar-refractivity contribution in [3.05, 3.63) is 35.2 Å². The largest absolute Gasteiger partial charge is 0.196 e. The van der Waals surface area contributed by atoms with Crippen LogP contribution in [0.5, 0.6) is 0 Å². The van der Waals surface area contributed by atoms with Gasteiger partial charge in [-0.1, -0.05) is 6.07 Å². The highest BCUT2D eigenvalue weighted by molar-refractivity contribution is 6.16. The van der Waals surface area contributed by atoms with E-state index in [0.717, 1.165) is 12.1 Å². The molecule has 82 valence electrons. The lowest BCUT2D eigenvalue weighted by Crippen LogP contribution is -2.02. The molecule has 0 fully saturated rings. The molecule has 0 bridgehead atoms. The molecule has 0 atom stereocenters. The Morgan fingerprint density at radius 2 is 2.12 bits per heavy atom. The number of alkyl halides is 1. The van der Waals surface area contributed by atoms with Gasteiger partial charge in [0.1, 0.15) is 0 Å². The first-order valence-electron chi connectivity index (χ1n) is 5.34. The third-order valence-electron chi connectivity index (χ3n) is 2.98. The molecule has 5 heteroatoms. The van der Waals surface area contributed by atoms with Crippen molar-refractivity contribution in [2.24, 2.45) is 0 Å². The highest BCUT2D eigenvalue weighted by Gasteiger charge is 2.13. The van der Waals surface area contributed by atoms with Crippen molar-refractivity contribution >= 4 is 11.6 Å². The van der Waals surface area contributed by atoms with Gasteiger partial charge in [-0.3, -0.25) is 0 Å². The SMILES string of the molecule is ClCc1nnnn1-c1ccc2c(c1)CCC2. The summed E-state index contributed by atoms with van der Waals surface area (Å²) in [5.74, 6) is 1.00. The van der Waals surface area contributed by atoms with Gasteiger partial charge in [-0.05, 0) is 52.9 Å². The van der Waals surface area contributed by atoms with E-state index in [0.29, 0.717) is 11.7 Å². The minimum absolute atomic E-state index is 0.323. The molecule has 0 saturated heterocycles. The lowest BCUT2D eigenvalue weighted by molar-refractivity contribution is 0.776. The molecule has 0 amide bonds. The maximum Gasteiger partial charge on any atom is 0.171 e. The number of tetrazole rings is 1. The third kappa shape index (κ3) is 1.50. The summed E-state index contributed by atoms with van der Waals surface area (Å²) in [7, 11) is 0. The van der Waals surface area contributed by atoms with E-state index >= 15 is 0 Å². The van der Waals surface area contributed by atoms with Crippen molar-refractivity contribution in [1.82, 2.24) is 20.2 Å². The fourth-order valence-corrected chi connectivity index (χ4v) is 2.35. The fourth-order valence-electron chi connectivity index (χ4n) is 2.18. The highest BCUT2D eigenvalue weighted by Crippen LogP contribution is 2.24. The molecule has 3 rings (SSSR count). The lowest BCUT2D eigenvalue weighted by Gasteiger charge is -2.05. The van der Waals surface area contributed by atoms with Crippen LogP contribution in [0.25, 0.3) is 5.69 Å². The van der Waals surface area contributed by atoms with Crippen LogP contribution in [0.2, 0.25) is 0 Å². The second-order valence-corrected chi connectivity index (χ2v) is 4.21. The smallest absolute Gasteiger partial charge is 0.171 e. The molecule has 16 heavy (non-hydrogen) atoms. The van der Waals surface area contributed by atoms with E-state index in [2.05, 4.69) is 33.7 Å². The van der Waals surface area contributed by atoms with Crippen molar-refractivity contribution in [3.63, 3.8) is 0 Å². The van der Waals surface area contributed by atoms with Crippen molar-refractivity contribution in [2.45, 2.75) is 25.1 Å². The summed E-state index contributed by atoms with van der Waals surface area (Å²) in [4.78, 5) is 0. The first-order valence-corrected chi connectivity index (χ1v) is 5.87. The first kappa shape index (κ1) is 9.78. The van der Waals surface area contributed by atoms with Crippen LogP contribution < -0.4 is 0 Å². The van der Waals surface area contributed by atoms with Gasteiger partial charge in [0.15, 0.2) is 5.82 Å². The van der Waals surface area contributed by atoms with Crippen LogP contribution in [0.4, 0.5) is 0 Å². The number of hydrogen-bond donors (Lipinski definition) is 0. The van der Waals surface area contributed by atoms with Crippen LogP contribution in [0.3, 0.4) is 0 Å². The van der Waals surface area contributed by atoms with Crippen LogP contribution in [-0.4, -0.2) is 20.2 Å². The Balaban J connectivity index is 2.07. The average Bonchev–Trinajstić information content (AvgIpc) is 2.96. The molecule has 1 aliphatic rings. The molecule has 0 saturated carbocycles. The van der Waals surface area contributed by atoms with Crippen LogP contribution in [-0.2, 0) is 18.7 Å². The zero-order valence-electron chi connectivity index (χ0n) is 8.73. The second-order valence-electron chi connectivity index (χ2n) is 3.95. The van der Waals surface area contributed by atoms with E-state index in [-0.39, 0.29) is 0 Å². The van der Waals surface area contributed by atoms with E-state index in [1.165, 1.54) is 24.0 Å². The highest BCUT2D eigenvalue weighted by atomic mass is 35.5. The monoisotopic (exact) mass is 234 g/mol. The summed E-state index contributed by atoms with van der Waals surface area (Å²) in [6, 6.07) is 6.38. The van der Waals surface area contributed by atoms with Crippen molar-refractivity contribution in [1.29, 1.82) is 0 Å². The number of aryl methyl sites for hydroxylation is 2. The molecule has 0 aliphatic heterocycles. The van der Waals surface area contributed by atoms with Crippen molar-refractivity contribution < 1.29 is 0 Å².